The van der Waals surface area contributed by atoms with Gasteiger partial charge in [0.05, 0.1) is 12.2 Å². The number of nitrogens with zero attached hydrogens (tertiary/aromatic N) is 2. The van der Waals surface area contributed by atoms with Gasteiger partial charge in [-0.15, -0.1) is 5.11 Å². The molecule has 9 nitrogen and oxygen atoms in total. The quantitative estimate of drug-likeness (QED) is 0.707. The topological polar surface area (TPSA) is 155 Å². The van der Waals surface area contributed by atoms with Gasteiger partial charge in [-0.3, -0.25) is 4.79 Å². The fourth-order valence-corrected chi connectivity index (χ4v) is 2.90. The molecular formula is C12H19N3O6. The highest BCUT2D eigenvalue weighted by molar-refractivity contribution is 6.00. The summed E-state index contributed by atoms with van der Waals surface area (Å²) in [7, 11) is 3.11. The average Bonchev–Trinajstić information content (AvgIpc) is 2.66. The Bertz CT molecular complexity index is 489. The Balaban J connectivity index is 0.00000220. The molecule has 0 aromatic heterocycles. The summed E-state index contributed by atoms with van der Waals surface area (Å²) in [5, 5.41) is 16.7. The number of hydrogen-bond acceptors (Lipinski definition) is 6. The first-order valence-corrected chi connectivity index (χ1v) is 6.23. The zero-order valence-electron chi connectivity index (χ0n) is 11.8. The fraction of sp³-hybridized carbons (Fsp3) is 0.667. The molecule has 4 atom stereocenters. The smallest absolute Gasteiger partial charge is 0.356 e. The Labute approximate surface area is 121 Å². The molecule has 1 saturated carbocycles. The number of carbonyl (C=O) groups is 2. The SMILES string of the molecule is COC1CC2C(=O)C(N=NC(N)=O)=C(O)C2CC1OC.O. The van der Waals surface area contributed by atoms with Crippen LogP contribution in [0.25, 0.3) is 0 Å². The maximum absolute atomic E-state index is 12.2. The molecule has 0 heterocycles. The van der Waals surface area contributed by atoms with E-state index in [0.717, 1.165) is 0 Å². The van der Waals surface area contributed by atoms with Gasteiger partial charge >= 0.3 is 6.03 Å². The minimum absolute atomic E-state index is 0. The summed E-state index contributed by atoms with van der Waals surface area (Å²) in [5.41, 5.74) is 4.65. The minimum Gasteiger partial charge on any atom is -0.510 e. The number of carbonyl (C=O) groups excluding carboxylic acids is 2. The lowest BCUT2D eigenvalue weighted by Crippen LogP contribution is -2.42. The predicted octanol–water partition coefficient (Wildman–Crippen LogP) is 0.101. The van der Waals surface area contributed by atoms with Crippen molar-refractivity contribution in [3.05, 3.63) is 11.5 Å². The first-order chi connectivity index (χ1) is 9.49. The van der Waals surface area contributed by atoms with Crippen molar-refractivity contribution in [3.63, 3.8) is 0 Å². The number of ketones is 1. The molecule has 2 aliphatic carbocycles. The number of fused-ring (bicyclic) bond motifs is 1. The third kappa shape index (κ3) is 3.09. The van der Waals surface area contributed by atoms with Crippen molar-refractivity contribution >= 4 is 11.8 Å². The van der Waals surface area contributed by atoms with E-state index in [1.165, 1.54) is 0 Å². The Morgan fingerprint density at radius 2 is 1.76 bits per heavy atom. The molecular weight excluding hydrogens is 282 g/mol. The second kappa shape index (κ2) is 6.74. The molecule has 0 bridgehead atoms. The Morgan fingerprint density at radius 3 is 2.24 bits per heavy atom. The number of hydrogen-bond donors (Lipinski definition) is 2. The van der Waals surface area contributed by atoms with Crippen LogP contribution in [0.2, 0.25) is 0 Å². The van der Waals surface area contributed by atoms with E-state index in [1.54, 1.807) is 14.2 Å². The summed E-state index contributed by atoms with van der Waals surface area (Å²) in [6.45, 7) is 0. The Kier molecular flexibility index (Phi) is 5.53. The highest BCUT2D eigenvalue weighted by Crippen LogP contribution is 2.44. The summed E-state index contributed by atoms with van der Waals surface area (Å²) in [4.78, 5) is 22.8. The van der Waals surface area contributed by atoms with Gasteiger partial charge in [-0.05, 0) is 12.8 Å². The van der Waals surface area contributed by atoms with Gasteiger partial charge in [0.1, 0.15) is 5.76 Å². The lowest BCUT2D eigenvalue weighted by molar-refractivity contribution is -0.127. The molecule has 118 valence electrons. The van der Waals surface area contributed by atoms with Crippen LogP contribution in [0.4, 0.5) is 4.79 Å². The van der Waals surface area contributed by atoms with E-state index < -0.39 is 11.9 Å². The van der Waals surface area contributed by atoms with Crippen molar-refractivity contribution in [1.82, 2.24) is 0 Å². The van der Waals surface area contributed by atoms with Crippen LogP contribution >= 0.6 is 0 Å². The number of nitrogens with two attached hydrogens (primary N) is 1. The number of rotatable bonds is 3. The zero-order chi connectivity index (χ0) is 14.9. The minimum atomic E-state index is -1.02. The first kappa shape index (κ1) is 17.2. The molecule has 21 heavy (non-hydrogen) atoms. The normalized spacial score (nSPS) is 32.2. The summed E-state index contributed by atoms with van der Waals surface area (Å²) in [6.07, 6.45) is 0.458. The Hall–Kier alpha value is -1.84. The van der Waals surface area contributed by atoms with Crippen molar-refractivity contribution in [2.45, 2.75) is 25.0 Å². The lowest BCUT2D eigenvalue weighted by atomic mass is 9.77. The molecule has 0 saturated heterocycles. The highest BCUT2D eigenvalue weighted by atomic mass is 16.5. The van der Waals surface area contributed by atoms with E-state index in [1.807, 2.05) is 0 Å². The van der Waals surface area contributed by atoms with Gasteiger partial charge in [0.2, 0.25) is 0 Å². The third-order valence-corrected chi connectivity index (χ3v) is 3.89. The van der Waals surface area contributed by atoms with Crippen molar-refractivity contribution in [2.24, 2.45) is 27.8 Å². The summed E-state index contributed by atoms with van der Waals surface area (Å²) in [5.74, 6) is -1.29. The lowest BCUT2D eigenvalue weighted by Gasteiger charge is -2.36. The molecule has 2 aliphatic rings. The van der Waals surface area contributed by atoms with Gasteiger partial charge < -0.3 is 25.8 Å². The molecule has 0 aromatic rings. The number of methoxy groups -OCH3 is 2. The monoisotopic (exact) mass is 301 g/mol. The number of Topliss-reactive ketones (excluding diaryl/α,β-unsaturated/α-hetero) is 1. The number of ether oxygens (including phenoxy) is 2. The molecule has 4 unspecified atom stereocenters. The van der Waals surface area contributed by atoms with Crippen molar-refractivity contribution in [3.8, 4) is 0 Å². The van der Waals surface area contributed by atoms with Crippen molar-refractivity contribution < 1.29 is 29.6 Å². The van der Waals surface area contributed by atoms with Gasteiger partial charge in [0.15, 0.2) is 11.5 Å². The molecule has 2 rings (SSSR count). The summed E-state index contributed by atoms with van der Waals surface area (Å²) < 4.78 is 10.6. The standard InChI is InChI=1S/C12H17N3O5.H2O/c1-19-7-3-5-6(4-8(7)20-2)11(17)9(10(5)16)14-15-12(13)18;/h5-8,16H,3-4H2,1-2H3,(H2,13,18);1H2. The molecule has 2 amide bonds. The molecule has 0 aliphatic heterocycles. The maximum atomic E-state index is 12.2. The number of allylic oxidation sites excluding steroid dienone is 2. The van der Waals surface area contributed by atoms with Gasteiger partial charge in [-0.1, -0.05) is 5.11 Å². The number of aliphatic hydroxyl groups excluding tert-OH is 1. The van der Waals surface area contributed by atoms with Crippen molar-refractivity contribution in [1.29, 1.82) is 0 Å². The number of primary amides is 1. The van der Waals surface area contributed by atoms with Crippen LogP contribution < -0.4 is 5.73 Å². The largest absolute Gasteiger partial charge is 0.510 e. The summed E-state index contributed by atoms with van der Waals surface area (Å²) >= 11 is 0. The van der Waals surface area contributed by atoms with Crippen LogP contribution in [0.3, 0.4) is 0 Å². The van der Waals surface area contributed by atoms with Crippen LogP contribution in [0.1, 0.15) is 12.8 Å². The van der Waals surface area contributed by atoms with E-state index >= 15 is 0 Å². The van der Waals surface area contributed by atoms with Gasteiger partial charge in [-0.2, -0.15) is 0 Å². The number of urea groups is 1. The van der Waals surface area contributed by atoms with Gasteiger partial charge in [-0.25, -0.2) is 4.79 Å². The van der Waals surface area contributed by atoms with E-state index in [9.17, 15) is 14.7 Å². The summed E-state index contributed by atoms with van der Waals surface area (Å²) in [6, 6.07) is -1.02. The zero-order valence-corrected chi connectivity index (χ0v) is 11.8. The first-order valence-electron chi connectivity index (χ1n) is 6.23. The molecule has 9 heteroatoms. The van der Waals surface area contributed by atoms with Crippen LogP contribution in [-0.4, -0.2) is 48.8 Å². The van der Waals surface area contributed by atoms with Crippen LogP contribution in [-0.2, 0) is 14.3 Å². The molecule has 1 fully saturated rings. The number of azo groups is 1. The number of aliphatic hydroxyl groups is 1. The fourth-order valence-electron chi connectivity index (χ4n) is 2.90. The van der Waals surface area contributed by atoms with E-state index in [0.29, 0.717) is 12.8 Å². The average molecular weight is 301 g/mol. The molecule has 5 N–H and O–H groups in total. The second-order valence-electron chi connectivity index (χ2n) is 4.87. The van der Waals surface area contributed by atoms with Crippen LogP contribution in [0.15, 0.2) is 21.7 Å². The van der Waals surface area contributed by atoms with Gasteiger partial charge in [0, 0.05) is 26.1 Å². The van der Waals surface area contributed by atoms with Gasteiger partial charge in [0.25, 0.3) is 0 Å². The predicted molar refractivity (Wildman–Crippen MR) is 70.5 cm³/mol. The third-order valence-electron chi connectivity index (χ3n) is 3.89. The second-order valence-corrected chi connectivity index (χ2v) is 4.87. The highest BCUT2D eigenvalue weighted by Gasteiger charge is 2.49. The Morgan fingerprint density at radius 1 is 1.24 bits per heavy atom. The van der Waals surface area contributed by atoms with Crippen LogP contribution in [0.5, 0.6) is 0 Å². The van der Waals surface area contributed by atoms with E-state index in [-0.39, 0.29) is 40.8 Å². The van der Waals surface area contributed by atoms with Crippen molar-refractivity contribution in [2.75, 3.05) is 14.2 Å². The molecule has 0 spiro atoms. The molecule has 0 aromatic carbocycles. The maximum Gasteiger partial charge on any atom is 0.356 e. The van der Waals surface area contributed by atoms with E-state index in [4.69, 9.17) is 15.2 Å². The van der Waals surface area contributed by atoms with Crippen LogP contribution in [0, 0.1) is 11.8 Å². The number of amides is 2. The molecule has 0 radical (unpaired) electrons. The van der Waals surface area contributed by atoms with E-state index in [2.05, 4.69) is 10.2 Å².